The molecule has 1 unspecified atom stereocenters. The fraction of sp³-hybridized carbons (Fsp3) is 0.300. The van der Waals surface area contributed by atoms with Crippen LogP contribution in [0, 0.1) is 13.8 Å². The van der Waals surface area contributed by atoms with Gasteiger partial charge in [0.1, 0.15) is 17.9 Å². The summed E-state index contributed by atoms with van der Waals surface area (Å²) in [5.41, 5.74) is 2.84. The van der Waals surface area contributed by atoms with E-state index in [1.54, 1.807) is 24.7 Å². The number of benzene rings is 1. The van der Waals surface area contributed by atoms with Gasteiger partial charge in [0, 0.05) is 12.5 Å². The number of carbonyl (C=O) groups excluding carboxylic acids is 1. The Balaban J connectivity index is 1.33. The monoisotopic (exact) mass is 378 g/mol. The predicted molar refractivity (Wildman–Crippen MR) is 105 cm³/mol. The standard InChI is InChI=1S/C20H22N6O2/c1-13-4-3-5-17(14(13)2)28-19-9-7-15(10-21-19)24-20(27)25-16-6-8-18-22-12-23-26(18)11-16/h3-5,7,9-10,12,16H,6,8,11H2,1-2H3,(H2,24,25,27). The number of nitrogens with zero attached hydrogens (tertiary/aromatic N) is 4. The van der Waals surface area contributed by atoms with E-state index in [4.69, 9.17) is 4.74 Å². The van der Waals surface area contributed by atoms with E-state index < -0.39 is 0 Å². The number of pyridine rings is 1. The van der Waals surface area contributed by atoms with E-state index in [0.717, 1.165) is 35.5 Å². The van der Waals surface area contributed by atoms with Crippen molar-refractivity contribution >= 4 is 11.7 Å². The van der Waals surface area contributed by atoms with Crippen LogP contribution in [-0.4, -0.2) is 31.8 Å². The molecule has 0 radical (unpaired) electrons. The van der Waals surface area contributed by atoms with E-state index in [1.165, 1.54) is 0 Å². The highest BCUT2D eigenvalue weighted by molar-refractivity contribution is 5.89. The molecule has 0 aliphatic carbocycles. The molecule has 1 aliphatic rings. The minimum Gasteiger partial charge on any atom is -0.439 e. The van der Waals surface area contributed by atoms with Crippen molar-refractivity contribution in [2.75, 3.05) is 5.32 Å². The second-order valence-corrected chi connectivity index (χ2v) is 6.88. The lowest BCUT2D eigenvalue weighted by atomic mass is 10.1. The number of urea groups is 1. The van der Waals surface area contributed by atoms with Crippen LogP contribution in [0.2, 0.25) is 0 Å². The van der Waals surface area contributed by atoms with Gasteiger partial charge in [0.15, 0.2) is 0 Å². The molecule has 4 rings (SSSR count). The average molecular weight is 378 g/mol. The fourth-order valence-electron chi connectivity index (χ4n) is 3.17. The summed E-state index contributed by atoms with van der Waals surface area (Å²) in [7, 11) is 0. The van der Waals surface area contributed by atoms with Gasteiger partial charge in [0.2, 0.25) is 5.88 Å². The highest BCUT2D eigenvalue weighted by Gasteiger charge is 2.21. The van der Waals surface area contributed by atoms with Gasteiger partial charge in [-0.3, -0.25) is 0 Å². The van der Waals surface area contributed by atoms with E-state index in [1.807, 2.05) is 36.7 Å². The Bertz CT molecular complexity index is 983. The van der Waals surface area contributed by atoms with Crippen LogP contribution in [0.15, 0.2) is 42.9 Å². The van der Waals surface area contributed by atoms with E-state index in [0.29, 0.717) is 18.1 Å². The Morgan fingerprint density at radius 3 is 2.93 bits per heavy atom. The summed E-state index contributed by atoms with van der Waals surface area (Å²) in [5.74, 6) is 2.21. The predicted octanol–water partition coefficient (Wildman–Crippen LogP) is 3.22. The molecule has 1 aromatic carbocycles. The number of hydrogen-bond donors (Lipinski definition) is 2. The Morgan fingerprint density at radius 2 is 2.11 bits per heavy atom. The van der Waals surface area contributed by atoms with Crippen molar-refractivity contribution in [2.24, 2.45) is 0 Å². The molecule has 3 aromatic rings. The lowest BCUT2D eigenvalue weighted by molar-refractivity contribution is 0.243. The lowest BCUT2D eigenvalue weighted by Crippen LogP contribution is -2.43. The molecular formula is C20H22N6O2. The first kappa shape index (κ1) is 18.0. The maximum Gasteiger partial charge on any atom is 0.319 e. The molecule has 0 saturated carbocycles. The summed E-state index contributed by atoms with van der Waals surface area (Å²) in [6, 6.07) is 9.16. The second-order valence-electron chi connectivity index (χ2n) is 6.88. The number of amides is 2. The average Bonchev–Trinajstić information content (AvgIpc) is 3.15. The number of aromatic nitrogens is 4. The lowest BCUT2D eigenvalue weighted by Gasteiger charge is -2.23. The summed E-state index contributed by atoms with van der Waals surface area (Å²) in [6.07, 6.45) is 4.77. The molecule has 1 aliphatic heterocycles. The van der Waals surface area contributed by atoms with Crippen molar-refractivity contribution in [3.8, 4) is 11.6 Å². The van der Waals surface area contributed by atoms with Crippen molar-refractivity contribution in [1.82, 2.24) is 25.1 Å². The molecule has 2 N–H and O–H groups in total. The third-order valence-corrected chi connectivity index (χ3v) is 4.90. The smallest absolute Gasteiger partial charge is 0.319 e. The molecule has 28 heavy (non-hydrogen) atoms. The third kappa shape index (κ3) is 3.95. The van der Waals surface area contributed by atoms with Gasteiger partial charge in [-0.15, -0.1) is 0 Å². The van der Waals surface area contributed by atoms with Crippen molar-refractivity contribution in [3.63, 3.8) is 0 Å². The number of ether oxygens (including phenoxy) is 1. The van der Waals surface area contributed by atoms with Crippen LogP contribution in [0.5, 0.6) is 11.6 Å². The summed E-state index contributed by atoms with van der Waals surface area (Å²) in [5, 5.41) is 9.94. The van der Waals surface area contributed by atoms with Crippen molar-refractivity contribution in [2.45, 2.75) is 39.3 Å². The summed E-state index contributed by atoms with van der Waals surface area (Å²) >= 11 is 0. The zero-order valence-corrected chi connectivity index (χ0v) is 15.8. The Labute approximate surface area is 163 Å². The number of carbonyl (C=O) groups is 1. The van der Waals surface area contributed by atoms with Crippen molar-refractivity contribution < 1.29 is 9.53 Å². The number of fused-ring (bicyclic) bond motifs is 1. The number of nitrogens with one attached hydrogen (secondary N) is 2. The van der Waals surface area contributed by atoms with Crippen LogP contribution in [0.4, 0.5) is 10.5 Å². The molecule has 0 bridgehead atoms. The number of rotatable bonds is 4. The third-order valence-electron chi connectivity index (χ3n) is 4.90. The molecule has 0 spiro atoms. The number of anilines is 1. The molecule has 0 saturated heterocycles. The minimum atomic E-state index is -0.265. The second kappa shape index (κ2) is 7.67. The van der Waals surface area contributed by atoms with Gasteiger partial charge < -0.3 is 15.4 Å². The van der Waals surface area contributed by atoms with Crippen molar-refractivity contribution in [3.05, 3.63) is 59.8 Å². The summed E-state index contributed by atoms with van der Waals surface area (Å²) in [6.45, 7) is 4.68. The first-order chi connectivity index (χ1) is 13.6. The Hall–Kier alpha value is -3.42. The summed E-state index contributed by atoms with van der Waals surface area (Å²) < 4.78 is 7.67. The molecule has 1 atom stereocenters. The van der Waals surface area contributed by atoms with Gasteiger partial charge in [-0.2, -0.15) is 5.10 Å². The van der Waals surface area contributed by atoms with Gasteiger partial charge in [0.25, 0.3) is 0 Å². The minimum absolute atomic E-state index is 0.0223. The number of aryl methyl sites for hydroxylation is 2. The first-order valence-corrected chi connectivity index (χ1v) is 9.23. The van der Waals surface area contributed by atoms with E-state index in [2.05, 4.69) is 25.7 Å². The maximum atomic E-state index is 12.3. The molecule has 2 aromatic heterocycles. The largest absolute Gasteiger partial charge is 0.439 e. The Morgan fingerprint density at radius 1 is 1.21 bits per heavy atom. The molecule has 2 amide bonds. The van der Waals surface area contributed by atoms with Crippen LogP contribution < -0.4 is 15.4 Å². The van der Waals surface area contributed by atoms with E-state index in [9.17, 15) is 4.79 Å². The topological polar surface area (TPSA) is 94.0 Å². The van der Waals surface area contributed by atoms with Gasteiger partial charge in [-0.25, -0.2) is 19.4 Å². The van der Waals surface area contributed by atoms with Crippen LogP contribution in [-0.2, 0) is 13.0 Å². The van der Waals surface area contributed by atoms with Gasteiger partial charge >= 0.3 is 6.03 Å². The van der Waals surface area contributed by atoms with Gasteiger partial charge in [0.05, 0.1) is 24.5 Å². The fourth-order valence-corrected chi connectivity index (χ4v) is 3.17. The van der Waals surface area contributed by atoms with E-state index >= 15 is 0 Å². The quantitative estimate of drug-likeness (QED) is 0.727. The van der Waals surface area contributed by atoms with Crippen LogP contribution in [0.3, 0.4) is 0 Å². The molecular weight excluding hydrogens is 356 g/mol. The highest BCUT2D eigenvalue weighted by Crippen LogP contribution is 2.26. The SMILES string of the molecule is Cc1cccc(Oc2ccc(NC(=O)NC3CCc4ncnn4C3)cn2)c1C. The van der Waals surface area contributed by atoms with Crippen molar-refractivity contribution in [1.29, 1.82) is 0 Å². The van der Waals surface area contributed by atoms with Gasteiger partial charge in [-0.1, -0.05) is 12.1 Å². The highest BCUT2D eigenvalue weighted by atomic mass is 16.5. The zero-order valence-electron chi connectivity index (χ0n) is 15.8. The van der Waals surface area contributed by atoms with Gasteiger partial charge in [-0.05, 0) is 43.5 Å². The van der Waals surface area contributed by atoms with Crippen LogP contribution in [0.1, 0.15) is 23.4 Å². The molecule has 0 fully saturated rings. The zero-order chi connectivity index (χ0) is 19.5. The number of hydrogen-bond acceptors (Lipinski definition) is 5. The van der Waals surface area contributed by atoms with Crippen LogP contribution in [0.25, 0.3) is 0 Å². The van der Waals surface area contributed by atoms with E-state index in [-0.39, 0.29) is 12.1 Å². The molecule has 8 heteroatoms. The Kier molecular flexibility index (Phi) is 4.92. The molecule has 3 heterocycles. The molecule has 8 nitrogen and oxygen atoms in total. The first-order valence-electron chi connectivity index (χ1n) is 9.23. The van der Waals surface area contributed by atoms with Crippen LogP contribution >= 0.6 is 0 Å². The normalized spacial score (nSPS) is 15.6. The maximum absolute atomic E-state index is 12.3. The molecule has 144 valence electrons. The summed E-state index contributed by atoms with van der Waals surface area (Å²) in [4.78, 5) is 20.7.